The third kappa shape index (κ3) is 4.31. The van der Waals surface area contributed by atoms with Crippen LogP contribution in [0.3, 0.4) is 0 Å². The van der Waals surface area contributed by atoms with E-state index in [0.717, 1.165) is 18.8 Å². The van der Waals surface area contributed by atoms with Gasteiger partial charge < -0.3 is 20.7 Å². The molecule has 7 heteroatoms. The van der Waals surface area contributed by atoms with Gasteiger partial charge in [-0.25, -0.2) is 0 Å². The minimum absolute atomic E-state index is 0.0530. The first-order valence-electron chi connectivity index (χ1n) is 8.33. The standard InChI is InChI=1S/C17H26N4O3/c1-3-20(4-2)15(11-18)17(23)19-13-5-7-14(8-6-13)21-9-10-24-12-16(21)22/h5-8,15H,3-4,9-12,18H2,1-2H3,(H,19,23)/t15-/m0/s1. The van der Waals surface area contributed by atoms with Crippen LogP contribution in [0.5, 0.6) is 0 Å². The zero-order chi connectivity index (χ0) is 17.5. The molecule has 1 fully saturated rings. The van der Waals surface area contributed by atoms with Crippen LogP contribution in [0, 0.1) is 0 Å². The molecule has 0 spiro atoms. The number of nitrogens with two attached hydrogens (primary N) is 1. The van der Waals surface area contributed by atoms with Crippen molar-refractivity contribution in [3.05, 3.63) is 24.3 Å². The Labute approximate surface area is 142 Å². The summed E-state index contributed by atoms with van der Waals surface area (Å²) in [5.74, 6) is -0.167. The number of carbonyl (C=O) groups is 2. The van der Waals surface area contributed by atoms with E-state index in [1.165, 1.54) is 0 Å². The lowest BCUT2D eigenvalue weighted by atomic mass is 10.2. The predicted molar refractivity (Wildman–Crippen MR) is 94.0 cm³/mol. The third-order valence-corrected chi connectivity index (χ3v) is 4.21. The number of likely N-dealkylation sites (N-methyl/N-ethyl adjacent to an activating group) is 1. The van der Waals surface area contributed by atoms with Gasteiger partial charge in [-0.05, 0) is 37.4 Å². The Morgan fingerprint density at radius 1 is 1.33 bits per heavy atom. The van der Waals surface area contributed by atoms with E-state index < -0.39 is 0 Å². The van der Waals surface area contributed by atoms with Gasteiger partial charge in [-0.15, -0.1) is 0 Å². The van der Waals surface area contributed by atoms with Crippen LogP contribution in [0.2, 0.25) is 0 Å². The molecule has 1 heterocycles. The summed E-state index contributed by atoms with van der Waals surface area (Å²) in [5.41, 5.74) is 7.25. The quantitative estimate of drug-likeness (QED) is 0.765. The molecule has 0 bridgehead atoms. The highest BCUT2D eigenvalue weighted by molar-refractivity contribution is 5.97. The van der Waals surface area contributed by atoms with E-state index in [1.807, 2.05) is 30.9 Å². The molecule has 0 radical (unpaired) electrons. The van der Waals surface area contributed by atoms with Gasteiger partial charge in [0.15, 0.2) is 0 Å². The Hall–Kier alpha value is -1.96. The van der Waals surface area contributed by atoms with Crippen molar-refractivity contribution in [3.8, 4) is 0 Å². The number of carbonyl (C=O) groups excluding carboxylic acids is 2. The van der Waals surface area contributed by atoms with Crippen LogP contribution >= 0.6 is 0 Å². The highest BCUT2D eigenvalue weighted by Gasteiger charge is 2.23. The molecule has 2 rings (SSSR count). The molecule has 24 heavy (non-hydrogen) atoms. The Balaban J connectivity index is 2.02. The van der Waals surface area contributed by atoms with Crippen molar-refractivity contribution >= 4 is 23.2 Å². The zero-order valence-corrected chi connectivity index (χ0v) is 14.3. The zero-order valence-electron chi connectivity index (χ0n) is 14.3. The van der Waals surface area contributed by atoms with Crippen molar-refractivity contribution in [3.63, 3.8) is 0 Å². The summed E-state index contributed by atoms with van der Waals surface area (Å²) in [5, 5.41) is 2.89. The van der Waals surface area contributed by atoms with E-state index in [1.54, 1.807) is 17.0 Å². The summed E-state index contributed by atoms with van der Waals surface area (Å²) in [6.07, 6.45) is 0. The van der Waals surface area contributed by atoms with Crippen LogP contribution in [0.25, 0.3) is 0 Å². The number of hydrogen-bond acceptors (Lipinski definition) is 5. The normalized spacial score (nSPS) is 16.3. The van der Waals surface area contributed by atoms with Crippen LogP contribution in [-0.2, 0) is 14.3 Å². The van der Waals surface area contributed by atoms with Crippen LogP contribution < -0.4 is 16.0 Å². The smallest absolute Gasteiger partial charge is 0.253 e. The number of anilines is 2. The molecule has 7 nitrogen and oxygen atoms in total. The Morgan fingerprint density at radius 3 is 2.54 bits per heavy atom. The van der Waals surface area contributed by atoms with Gasteiger partial charge in [0.05, 0.1) is 6.61 Å². The number of nitrogens with one attached hydrogen (secondary N) is 1. The van der Waals surface area contributed by atoms with Crippen molar-refractivity contribution in [1.29, 1.82) is 0 Å². The SMILES string of the molecule is CCN(CC)[C@@H](CN)C(=O)Nc1ccc(N2CCOCC2=O)cc1. The Kier molecular flexibility index (Phi) is 6.72. The monoisotopic (exact) mass is 334 g/mol. The number of morpholine rings is 1. The van der Waals surface area contributed by atoms with Crippen molar-refractivity contribution in [1.82, 2.24) is 4.90 Å². The number of ether oxygens (including phenoxy) is 1. The Morgan fingerprint density at radius 2 is 2.00 bits per heavy atom. The minimum atomic E-state index is -0.347. The molecule has 2 amide bonds. The highest BCUT2D eigenvalue weighted by Crippen LogP contribution is 2.20. The molecule has 1 aliphatic heterocycles. The molecular formula is C17H26N4O3. The number of benzene rings is 1. The first-order valence-corrected chi connectivity index (χ1v) is 8.33. The first-order chi connectivity index (χ1) is 11.6. The first kappa shape index (κ1) is 18.4. The fourth-order valence-electron chi connectivity index (χ4n) is 2.83. The van der Waals surface area contributed by atoms with Gasteiger partial charge in [0.25, 0.3) is 5.91 Å². The van der Waals surface area contributed by atoms with E-state index in [9.17, 15) is 9.59 Å². The average molecular weight is 334 g/mol. The summed E-state index contributed by atoms with van der Waals surface area (Å²) in [4.78, 5) is 28.0. The molecule has 132 valence electrons. The van der Waals surface area contributed by atoms with Crippen molar-refractivity contribution in [2.24, 2.45) is 5.73 Å². The third-order valence-electron chi connectivity index (χ3n) is 4.21. The maximum atomic E-state index is 12.4. The lowest BCUT2D eigenvalue weighted by molar-refractivity contribution is -0.125. The van der Waals surface area contributed by atoms with Crippen molar-refractivity contribution in [2.45, 2.75) is 19.9 Å². The number of rotatable bonds is 7. The number of hydrogen-bond donors (Lipinski definition) is 2. The maximum absolute atomic E-state index is 12.4. The van der Waals surface area contributed by atoms with Gasteiger partial charge in [0, 0.05) is 24.5 Å². The second-order valence-corrected chi connectivity index (χ2v) is 5.61. The van der Waals surface area contributed by atoms with E-state index in [-0.39, 0.29) is 31.0 Å². The Bertz CT molecular complexity index is 557. The molecule has 1 aromatic carbocycles. The molecule has 0 aromatic heterocycles. The molecule has 0 saturated carbocycles. The molecule has 1 saturated heterocycles. The summed E-state index contributed by atoms with van der Waals surface area (Å²) >= 11 is 0. The summed E-state index contributed by atoms with van der Waals surface area (Å²) in [6.45, 7) is 7.01. The topological polar surface area (TPSA) is 87.9 Å². The number of amides is 2. The second kappa shape index (κ2) is 8.77. The van der Waals surface area contributed by atoms with E-state index in [0.29, 0.717) is 18.8 Å². The molecule has 1 aromatic rings. The second-order valence-electron chi connectivity index (χ2n) is 5.61. The van der Waals surface area contributed by atoms with Gasteiger partial charge in [-0.3, -0.25) is 14.5 Å². The molecule has 3 N–H and O–H groups in total. The summed E-state index contributed by atoms with van der Waals surface area (Å²) in [7, 11) is 0. The highest BCUT2D eigenvalue weighted by atomic mass is 16.5. The fraction of sp³-hybridized carbons (Fsp3) is 0.529. The van der Waals surface area contributed by atoms with E-state index in [4.69, 9.17) is 10.5 Å². The lowest BCUT2D eigenvalue weighted by Crippen LogP contribution is -2.48. The summed E-state index contributed by atoms with van der Waals surface area (Å²) < 4.78 is 5.13. The lowest BCUT2D eigenvalue weighted by Gasteiger charge is -2.28. The molecule has 0 unspecified atom stereocenters. The van der Waals surface area contributed by atoms with Crippen LogP contribution in [-0.4, -0.2) is 62.1 Å². The van der Waals surface area contributed by atoms with Crippen molar-refractivity contribution < 1.29 is 14.3 Å². The van der Waals surface area contributed by atoms with Crippen LogP contribution in [0.15, 0.2) is 24.3 Å². The predicted octanol–water partition coefficient (Wildman–Crippen LogP) is 0.657. The summed E-state index contributed by atoms with van der Waals surface area (Å²) in [6, 6.07) is 6.90. The van der Waals surface area contributed by atoms with Crippen LogP contribution in [0.1, 0.15) is 13.8 Å². The van der Waals surface area contributed by atoms with E-state index in [2.05, 4.69) is 5.32 Å². The minimum Gasteiger partial charge on any atom is -0.370 e. The number of nitrogens with zero attached hydrogens (tertiary/aromatic N) is 2. The largest absolute Gasteiger partial charge is 0.370 e. The average Bonchev–Trinajstić information content (AvgIpc) is 2.60. The van der Waals surface area contributed by atoms with Gasteiger partial charge >= 0.3 is 0 Å². The fourth-order valence-corrected chi connectivity index (χ4v) is 2.83. The molecule has 1 atom stereocenters. The van der Waals surface area contributed by atoms with Crippen LogP contribution in [0.4, 0.5) is 11.4 Å². The molecule has 1 aliphatic rings. The van der Waals surface area contributed by atoms with Gasteiger partial charge in [-0.2, -0.15) is 0 Å². The van der Waals surface area contributed by atoms with Crippen molar-refractivity contribution in [2.75, 3.05) is 49.6 Å². The van der Waals surface area contributed by atoms with Gasteiger partial charge in [0.2, 0.25) is 5.91 Å². The maximum Gasteiger partial charge on any atom is 0.253 e. The van der Waals surface area contributed by atoms with Gasteiger partial charge in [-0.1, -0.05) is 13.8 Å². The molecule has 0 aliphatic carbocycles. The van der Waals surface area contributed by atoms with E-state index >= 15 is 0 Å². The van der Waals surface area contributed by atoms with Gasteiger partial charge in [0.1, 0.15) is 12.6 Å². The molecular weight excluding hydrogens is 308 g/mol.